The van der Waals surface area contributed by atoms with E-state index in [1.807, 2.05) is 24.3 Å². The van der Waals surface area contributed by atoms with E-state index in [9.17, 15) is 31.4 Å². The van der Waals surface area contributed by atoms with Crippen molar-refractivity contribution in [1.29, 1.82) is 0 Å². The molecule has 2 N–H and O–H groups in total. The van der Waals surface area contributed by atoms with Crippen LogP contribution in [-0.2, 0) is 6.18 Å². The van der Waals surface area contributed by atoms with E-state index in [1.54, 1.807) is 17.8 Å². The van der Waals surface area contributed by atoms with Gasteiger partial charge in [-0.05, 0) is 73.2 Å². The molecule has 2 aromatic heterocycles. The van der Waals surface area contributed by atoms with E-state index in [0.29, 0.717) is 22.2 Å². The van der Waals surface area contributed by atoms with Crippen molar-refractivity contribution in [3.8, 4) is 11.1 Å². The van der Waals surface area contributed by atoms with Crippen molar-refractivity contribution in [3.05, 3.63) is 72.2 Å². The third kappa shape index (κ3) is 6.70. The molecule has 1 atom stereocenters. The normalized spacial score (nSPS) is 19.6. The quantitative estimate of drug-likeness (QED) is 0.330. The lowest BCUT2D eigenvalue weighted by molar-refractivity contribution is -0.207. The Hall–Kier alpha value is -2.79. The maximum absolute atomic E-state index is 12.8. The first-order chi connectivity index (χ1) is 17.0. The largest absolute Gasteiger partial charge is 0.420 e. The molecule has 1 aromatic carbocycles. The summed E-state index contributed by atoms with van der Waals surface area (Å²) in [5.74, 6) is 0.428. The van der Waals surface area contributed by atoms with Crippen molar-refractivity contribution in [3.63, 3.8) is 0 Å². The van der Waals surface area contributed by atoms with Gasteiger partial charge in [-0.3, -0.25) is 4.98 Å². The number of nitrogens with one attached hydrogen (secondary N) is 1. The Kier molecular flexibility index (Phi) is 7.79. The number of rotatable bonds is 6. The molecule has 192 valence electrons. The summed E-state index contributed by atoms with van der Waals surface area (Å²) in [6.45, 7) is 0. The number of nitrogens with zero attached hydrogens (tertiary/aromatic N) is 2. The highest BCUT2D eigenvalue weighted by atomic mass is 32.2. The molecular formula is C25H23F6N3OS. The second-order valence-electron chi connectivity index (χ2n) is 8.60. The van der Waals surface area contributed by atoms with Crippen molar-refractivity contribution in [2.75, 3.05) is 5.32 Å². The van der Waals surface area contributed by atoms with E-state index in [-0.39, 0.29) is 6.04 Å². The fraction of sp³-hybridized carbons (Fsp3) is 0.360. The molecule has 0 amide bonds. The lowest BCUT2D eigenvalue weighted by Crippen LogP contribution is -2.27. The van der Waals surface area contributed by atoms with Crippen LogP contribution in [0.3, 0.4) is 0 Å². The van der Waals surface area contributed by atoms with Gasteiger partial charge in [0.15, 0.2) is 6.10 Å². The van der Waals surface area contributed by atoms with E-state index < -0.39 is 29.7 Å². The summed E-state index contributed by atoms with van der Waals surface area (Å²) in [7, 11) is 0. The number of aromatic nitrogens is 2. The number of aliphatic hydroxyl groups excluding tert-OH is 1. The molecule has 3 aromatic rings. The molecule has 0 spiro atoms. The number of hydrogen-bond acceptors (Lipinski definition) is 5. The van der Waals surface area contributed by atoms with E-state index in [4.69, 9.17) is 0 Å². The molecule has 1 saturated carbocycles. The predicted molar refractivity (Wildman–Crippen MR) is 125 cm³/mol. The first kappa shape index (κ1) is 26.3. The highest BCUT2D eigenvalue weighted by Crippen LogP contribution is 2.37. The zero-order chi connectivity index (χ0) is 25.9. The van der Waals surface area contributed by atoms with Gasteiger partial charge in [0.1, 0.15) is 5.82 Å². The molecule has 0 saturated heterocycles. The van der Waals surface area contributed by atoms with Crippen LogP contribution >= 0.6 is 11.8 Å². The van der Waals surface area contributed by atoms with Crippen LogP contribution < -0.4 is 5.32 Å². The first-order valence-corrected chi connectivity index (χ1v) is 12.1. The summed E-state index contributed by atoms with van der Waals surface area (Å²) in [4.78, 5) is 8.55. The van der Waals surface area contributed by atoms with Crippen LogP contribution in [0.5, 0.6) is 0 Å². The molecule has 4 rings (SSSR count). The summed E-state index contributed by atoms with van der Waals surface area (Å²) in [6.07, 6.45) is -6.17. The average Bonchev–Trinajstić information content (AvgIpc) is 2.84. The summed E-state index contributed by atoms with van der Waals surface area (Å²) < 4.78 is 76.4. The molecule has 1 unspecified atom stereocenters. The fourth-order valence-electron chi connectivity index (χ4n) is 4.04. The van der Waals surface area contributed by atoms with Crippen molar-refractivity contribution in [2.45, 2.75) is 60.3 Å². The van der Waals surface area contributed by atoms with Crippen molar-refractivity contribution >= 4 is 17.6 Å². The summed E-state index contributed by atoms with van der Waals surface area (Å²) in [5.41, 5.74) is 0.0235. The highest BCUT2D eigenvalue weighted by Gasteiger charge is 2.40. The predicted octanol–water partition coefficient (Wildman–Crippen LogP) is 7.27. The van der Waals surface area contributed by atoms with Gasteiger partial charge in [0.25, 0.3) is 0 Å². The number of aliphatic hydroxyl groups is 1. The van der Waals surface area contributed by atoms with Gasteiger partial charge in [-0.15, -0.1) is 11.8 Å². The lowest BCUT2D eigenvalue weighted by Gasteiger charge is -2.29. The van der Waals surface area contributed by atoms with E-state index in [1.165, 1.54) is 18.3 Å². The zero-order valence-electron chi connectivity index (χ0n) is 18.9. The Balaban J connectivity index is 1.29. The van der Waals surface area contributed by atoms with Crippen LogP contribution in [0, 0.1) is 0 Å². The van der Waals surface area contributed by atoms with Crippen LogP contribution in [0.25, 0.3) is 11.1 Å². The molecule has 0 radical (unpaired) electrons. The third-order valence-corrected chi connectivity index (χ3v) is 7.33. The van der Waals surface area contributed by atoms with Crippen LogP contribution in [0.15, 0.2) is 65.8 Å². The highest BCUT2D eigenvalue weighted by molar-refractivity contribution is 8.00. The molecule has 0 bridgehead atoms. The SMILES string of the molecule is OC(c1cc(-c2ccc(S[C@H]3CC[C@H](Nc4ccc(C(F)(F)F)cn4)CC3)cc2)ccn1)C(F)(F)F. The van der Waals surface area contributed by atoms with Gasteiger partial charge < -0.3 is 10.4 Å². The van der Waals surface area contributed by atoms with Gasteiger partial charge in [-0.25, -0.2) is 4.98 Å². The van der Waals surface area contributed by atoms with Gasteiger partial charge in [-0.1, -0.05) is 12.1 Å². The van der Waals surface area contributed by atoms with E-state index in [2.05, 4.69) is 15.3 Å². The molecule has 11 heteroatoms. The second-order valence-corrected chi connectivity index (χ2v) is 9.98. The third-order valence-electron chi connectivity index (χ3n) is 5.98. The summed E-state index contributed by atoms with van der Waals surface area (Å²) >= 11 is 1.72. The zero-order valence-corrected chi connectivity index (χ0v) is 19.7. The topological polar surface area (TPSA) is 58.0 Å². The average molecular weight is 528 g/mol. The van der Waals surface area contributed by atoms with Gasteiger partial charge in [0.2, 0.25) is 0 Å². The Morgan fingerprint density at radius 3 is 2.14 bits per heavy atom. The lowest BCUT2D eigenvalue weighted by atomic mass is 9.95. The Morgan fingerprint density at radius 2 is 1.56 bits per heavy atom. The number of anilines is 1. The number of pyridine rings is 2. The molecule has 2 heterocycles. The van der Waals surface area contributed by atoms with Crippen molar-refractivity contribution < 1.29 is 31.4 Å². The number of benzene rings is 1. The van der Waals surface area contributed by atoms with Gasteiger partial charge >= 0.3 is 12.4 Å². The molecular weight excluding hydrogens is 504 g/mol. The van der Waals surface area contributed by atoms with Crippen LogP contribution in [0.2, 0.25) is 0 Å². The maximum Gasteiger partial charge on any atom is 0.420 e. The van der Waals surface area contributed by atoms with Gasteiger partial charge in [0, 0.05) is 28.6 Å². The van der Waals surface area contributed by atoms with Gasteiger partial charge in [0.05, 0.1) is 11.3 Å². The summed E-state index contributed by atoms with van der Waals surface area (Å²) in [5, 5.41) is 13.0. The molecule has 1 aliphatic rings. The van der Waals surface area contributed by atoms with Gasteiger partial charge in [-0.2, -0.15) is 26.3 Å². The number of halogens is 6. The number of alkyl halides is 6. The Bertz CT molecular complexity index is 1140. The number of hydrogen-bond donors (Lipinski definition) is 2. The molecule has 36 heavy (non-hydrogen) atoms. The first-order valence-electron chi connectivity index (χ1n) is 11.3. The minimum absolute atomic E-state index is 0.140. The standard InChI is InChI=1S/C25H23F6N3OS/c26-24(27,28)17-3-10-22(33-14-17)34-18-4-8-20(9-5-18)36-19-6-1-15(2-7-19)16-11-12-32-21(13-16)23(35)25(29,30)31/h1-3,6-7,10-14,18,20,23,35H,4-5,8-9H2,(H,33,34)/t18-,20-,23?. The number of thioether (sulfide) groups is 1. The minimum atomic E-state index is -4.78. The molecule has 0 aliphatic heterocycles. The fourth-order valence-corrected chi connectivity index (χ4v) is 5.23. The molecule has 1 aliphatic carbocycles. The summed E-state index contributed by atoms with van der Waals surface area (Å²) in [6, 6.07) is 12.8. The van der Waals surface area contributed by atoms with Crippen LogP contribution in [-0.4, -0.2) is 32.5 Å². The molecule has 4 nitrogen and oxygen atoms in total. The second kappa shape index (κ2) is 10.7. The minimum Gasteiger partial charge on any atom is -0.378 e. The monoisotopic (exact) mass is 527 g/mol. The van der Waals surface area contributed by atoms with Crippen molar-refractivity contribution in [2.24, 2.45) is 0 Å². The smallest absolute Gasteiger partial charge is 0.378 e. The van der Waals surface area contributed by atoms with E-state index in [0.717, 1.165) is 42.8 Å². The molecule has 1 fully saturated rings. The van der Waals surface area contributed by atoms with E-state index >= 15 is 0 Å². The van der Waals surface area contributed by atoms with Crippen molar-refractivity contribution in [1.82, 2.24) is 9.97 Å². The van der Waals surface area contributed by atoms with Crippen LogP contribution in [0.4, 0.5) is 32.2 Å². The Morgan fingerprint density at radius 1 is 0.861 bits per heavy atom. The maximum atomic E-state index is 12.8. The Labute approximate surface area is 208 Å². The van der Waals surface area contributed by atoms with Crippen LogP contribution in [0.1, 0.15) is 43.0 Å².